The number of halogens is 1. The largest absolute Gasteiger partial charge is 0.280 e. The monoisotopic (exact) mass is 186 g/mol. The number of amides is 1. The Kier molecular flexibility index (Phi) is 1.73. The molecule has 1 saturated heterocycles. The van der Waals surface area contributed by atoms with Crippen LogP contribution in [-0.4, -0.2) is 33.0 Å². The third kappa shape index (κ3) is 1.16. The molecule has 1 aromatic rings. The van der Waals surface area contributed by atoms with Gasteiger partial charge in [0, 0.05) is 13.0 Å². The number of anilines is 1. The second-order valence-electron chi connectivity index (χ2n) is 2.61. The van der Waals surface area contributed by atoms with Crippen LogP contribution in [0.15, 0.2) is 6.33 Å². The van der Waals surface area contributed by atoms with E-state index in [-0.39, 0.29) is 11.3 Å². The molecule has 6 heteroatoms. The number of H-pyrrole nitrogens is 1. The van der Waals surface area contributed by atoms with E-state index in [0.29, 0.717) is 18.9 Å². The third-order valence-corrected chi connectivity index (χ3v) is 2.03. The maximum atomic E-state index is 11.2. The van der Waals surface area contributed by atoms with Crippen LogP contribution in [-0.2, 0) is 4.79 Å². The summed E-state index contributed by atoms with van der Waals surface area (Å²) in [6.45, 7) is 0.510. The van der Waals surface area contributed by atoms with E-state index in [1.54, 1.807) is 0 Å². The van der Waals surface area contributed by atoms with Gasteiger partial charge in [0.15, 0.2) is 0 Å². The highest BCUT2D eigenvalue weighted by Crippen LogP contribution is 2.19. The fraction of sp³-hybridized carbons (Fsp3) is 0.500. The lowest BCUT2D eigenvalue weighted by Crippen LogP contribution is -2.25. The maximum absolute atomic E-state index is 11.2. The molecule has 0 spiro atoms. The Morgan fingerprint density at radius 2 is 2.58 bits per heavy atom. The first-order valence-electron chi connectivity index (χ1n) is 3.57. The van der Waals surface area contributed by atoms with E-state index in [1.165, 1.54) is 11.2 Å². The maximum Gasteiger partial charge on any atom is 0.230 e. The first kappa shape index (κ1) is 7.54. The van der Waals surface area contributed by atoms with E-state index in [0.717, 1.165) is 0 Å². The van der Waals surface area contributed by atoms with Crippen LogP contribution in [0.2, 0.25) is 0 Å². The van der Waals surface area contributed by atoms with Crippen molar-refractivity contribution in [1.29, 1.82) is 0 Å². The van der Waals surface area contributed by atoms with E-state index in [2.05, 4.69) is 15.2 Å². The summed E-state index contributed by atoms with van der Waals surface area (Å²) in [5, 5.41) is 6.16. The number of hydrogen-bond acceptors (Lipinski definition) is 3. The summed E-state index contributed by atoms with van der Waals surface area (Å²) in [5.74, 6) is 0.468. The lowest BCUT2D eigenvalue weighted by molar-refractivity contribution is -0.117. The summed E-state index contributed by atoms with van der Waals surface area (Å²) in [7, 11) is 0. The average molecular weight is 187 g/mol. The number of aromatic amines is 1. The smallest absolute Gasteiger partial charge is 0.230 e. The van der Waals surface area contributed by atoms with Crippen LogP contribution in [0.5, 0.6) is 0 Å². The zero-order valence-corrected chi connectivity index (χ0v) is 6.95. The molecule has 0 radical (unpaired) electrons. The Hall–Kier alpha value is -1.10. The van der Waals surface area contributed by atoms with Gasteiger partial charge >= 0.3 is 0 Å². The van der Waals surface area contributed by atoms with Crippen LogP contribution in [0.3, 0.4) is 0 Å². The first-order chi connectivity index (χ1) is 5.77. The summed E-state index contributed by atoms with van der Waals surface area (Å²) in [6, 6.07) is 0. The van der Waals surface area contributed by atoms with Crippen LogP contribution >= 0.6 is 11.6 Å². The molecule has 1 aliphatic heterocycles. The molecule has 1 aliphatic rings. The molecule has 1 unspecified atom stereocenters. The van der Waals surface area contributed by atoms with Gasteiger partial charge in [-0.1, -0.05) is 0 Å². The minimum Gasteiger partial charge on any atom is -0.280 e. The number of alkyl halides is 1. The lowest BCUT2D eigenvalue weighted by Gasteiger charge is -2.09. The van der Waals surface area contributed by atoms with E-state index in [4.69, 9.17) is 11.6 Å². The molecular weight excluding hydrogens is 180 g/mol. The number of nitrogens with one attached hydrogen (secondary N) is 1. The van der Waals surface area contributed by atoms with Gasteiger partial charge in [-0.3, -0.25) is 9.69 Å². The van der Waals surface area contributed by atoms with Crippen molar-refractivity contribution in [3.63, 3.8) is 0 Å². The van der Waals surface area contributed by atoms with Crippen LogP contribution in [0.1, 0.15) is 6.42 Å². The van der Waals surface area contributed by atoms with Gasteiger partial charge in [-0.2, -0.15) is 10.1 Å². The molecular formula is C6H7ClN4O. The van der Waals surface area contributed by atoms with E-state index in [1.807, 2.05) is 0 Å². The summed E-state index contributed by atoms with van der Waals surface area (Å²) in [5.41, 5.74) is 0. The minimum atomic E-state index is -0.109. The van der Waals surface area contributed by atoms with Crippen molar-refractivity contribution in [3.05, 3.63) is 6.33 Å². The van der Waals surface area contributed by atoms with Crippen molar-refractivity contribution in [2.75, 3.05) is 11.4 Å². The van der Waals surface area contributed by atoms with Crippen LogP contribution in [0, 0.1) is 0 Å². The Morgan fingerprint density at radius 1 is 1.75 bits per heavy atom. The van der Waals surface area contributed by atoms with Crippen LogP contribution in [0.4, 0.5) is 5.95 Å². The number of rotatable bonds is 1. The highest BCUT2D eigenvalue weighted by atomic mass is 35.5. The topological polar surface area (TPSA) is 61.9 Å². The summed E-state index contributed by atoms with van der Waals surface area (Å²) in [4.78, 5) is 16.6. The van der Waals surface area contributed by atoms with E-state index in [9.17, 15) is 4.79 Å². The molecule has 0 aromatic carbocycles. The van der Waals surface area contributed by atoms with Gasteiger partial charge < -0.3 is 0 Å². The molecule has 12 heavy (non-hydrogen) atoms. The fourth-order valence-electron chi connectivity index (χ4n) is 1.20. The van der Waals surface area contributed by atoms with Crippen molar-refractivity contribution in [2.45, 2.75) is 11.8 Å². The van der Waals surface area contributed by atoms with Crippen LogP contribution < -0.4 is 4.90 Å². The number of nitrogens with zero attached hydrogens (tertiary/aromatic N) is 3. The molecule has 1 amide bonds. The van der Waals surface area contributed by atoms with Crippen molar-refractivity contribution < 1.29 is 4.79 Å². The standard InChI is InChI=1S/C6H7ClN4O/c7-4-1-5(12)11(2-4)6-8-3-9-10-6/h3-4H,1-2H2,(H,8,9,10). The number of carbonyl (C=O) groups is 1. The average Bonchev–Trinajstić information content (AvgIpc) is 2.58. The molecule has 0 bridgehead atoms. The third-order valence-electron chi connectivity index (χ3n) is 1.74. The van der Waals surface area contributed by atoms with Gasteiger partial charge in [0.25, 0.3) is 0 Å². The van der Waals surface area contributed by atoms with Crippen molar-refractivity contribution in [3.8, 4) is 0 Å². The molecule has 1 atom stereocenters. The number of hydrogen-bond donors (Lipinski definition) is 1. The van der Waals surface area contributed by atoms with Gasteiger partial charge in [0.1, 0.15) is 6.33 Å². The summed E-state index contributed by atoms with van der Waals surface area (Å²) >= 11 is 5.79. The molecule has 2 rings (SSSR count). The molecule has 5 nitrogen and oxygen atoms in total. The molecule has 0 saturated carbocycles. The Bertz CT molecular complexity index is 286. The van der Waals surface area contributed by atoms with Crippen molar-refractivity contribution in [1.82, 2.24) is 15.2 Å². The molecule has 2 heterocycles. The van der Waals surface area contributed by atoms with Gasteiger partial charge in [-0.15, -0.1) is 11.6 Å². The van der Waals surface area contributed by atoms with Gasteiger partial charge in [-0.25, -0.2) is 5.10 Å². The van der Waals surface area contributed by atoms with Crippen LogP contribution in [0.25, 0.3) is 0 Å². The lowest BCUT2D eigenvalue weighted by atomic mass is 10.4. The predicted molar refractivity (Wildman–Crippen MR) is 43.0 cm³/mol. The fourth-order valence-corrected chi connectivity index (χ4v) is 1.47. The molecule has 0 aliphatic carbocycles. The van der Waals surface area contributed by atoms with Crippen molar-refractivity contribution in [2.24, 2.45) is 0 Å². The minimum absolute atomic E-state index is 0.00764. The first-order valence-corrected chi connectivity index (χ1v) is 4.01. The molecule has 64 valence electrons. The van der Waals surface area contributed by atoms with E-state index < -0.39 is 0 Å². The zero-order valence-electron chi connectivity index (χ0n) is 6.20. The van der Waals surface area contributed by atoms with E-state index >= 15 is 0 Å². The molecule has 1 N–H and O–H groups in total. The second-order valence-corrected chi connectivity index (χ2v) is 3.23. The SMILES string of the molecule is O=C1CC(Cl)CN1c1ncn[nH]1. The van der Waals surface area contributed by atoms with Gasteiger partial charge in [0.2, 0.25) is 11.9 Å². The summed E-state index contributed by atoms with van der Waals surface area (Å²) in [6.07, 6.45) is 1.74. The normalized spacial score (nSPS) is 23.6. The van der Waals surface area contributed by atoms with Gasteiger partial charge in [-0.05, 0) is 0 Å². The predicted octanol–water partition coefficient (Wildman–Crippen LogP) is 0.149. The van der Waals surface area contributed by atoms with Crippen molar-refractivity contribution >= 4 is 23.5 Å². The number of carbonyl (C=O) groups excluding carboxylic acids is 1. The Labute approximate surface area is 73.7 Å². The Morgan fingerprint density at radius 3 is 3.08 bits per heavy atom. The number of aromatic nitrogens is 3. The zero-order chi connectivity index (χ0) is 8.55. The highest BCUT2D eigenvalue weighted by molar-refractivity contribution is 6.24. The molecule has 1 fully saturated rings. The van der Waals surface area contributed by atoms with Gasteiger partial charge in [0.05, 0.1) is 5.38 Å². The highest BCUT2D eigenvalue weighted by Gasteiger charge is 2.30. The summed E-state index contributed by atoms with van der Waals surface area (Å²) < 4.78 is 0. The Balaban J connectivity index is 2.21. The quantitative estimate of drug-likeness (QED) is 0.635. The molecule has 1 aromatic heterocycles. The second kappa shape index (κ2) is 2.75.